The first-order valence-corrected chi connectivity index (χ1v) is 10.0. The van der Waals surface area contributed by atoms with Crippen LogP contribution in [0.4, 0.5) is 9.59 Å². The standard InChI is InChI=1S/C12H19N3O4.C6H8N2O4/c1-13-8-4-2-3-5-9(8)14-12(18)19-15-10(16)6-7-11(15)17;1-7-6(11)12-8-4(9)2-3-5(8)10/h8-9,13H,2-7H2,1H3,(H,14,18);2-3H2,1H3,(H,7,11). The fraction of sp³-hybridized carbons (Fsp3) is 0.667. The lowest BCUT2D eigenvalue weighted by molar-refractivity contribution is -0.172. The van der Waals surface area contributed by atoms with E-state index in [-0.39, 0.29) is 37.8 Å². The fourth-order valence-electron chi connectivity index (χ4n) is 3.35. The second-order valence-corrected chi connectivity index (χ2v) is 7.10. The first-order valence-electron chi connectivity index (χ1n) is 10.0. The molecule has 2 saturated heterocycles. The second kappa shape index (κ2) is 11.2. The van der Waals surface area contributed by atoms with Crippen LogP contribution in [0.3, 0.4) is 0 Å². The lowest BCUT2D eigenvalue weighted by atomic mass is 9.90. The van der Waals surface area contributed by atoms with E-state index in [2.05, 4.69) is 20.8 Å². The predicted octanol–water partition coefficient (Wildman–Crippen LogP) is -0.286. The quantitative estimate of drug-likeness (QED) is 0.498. The normalized spacial score (nSPS) is 23.3. The summed E-state index contributed by atoms with van der Waals surface area (Å²) in [7, 11) is 3.19. The maximum Gasteiger partial charge on any atom is 0.432 e. The molecule has 31 heavy (non-hydrogen) atoms. The molecule has 0 aromatic heterocycles. The monoisotopic (exact) mass is 441 g/mol. The third kappa shape index (κ3) is 6.64. The highest BCUT2D eigenvalue weighted by molar-refractivity contribution is 6.02. The van der Waals surface area contributed by atoms with Crippen molar-refractivity contribution in [2.45, 2.75) is 63.5 Å². The Balaban J connectivity index is 0.000000245. The summed E-state index contributed by atoms with van der Waals surface area (Å²) in [6.45, 7) is 0. The molecule has 2 aliphatic heterocycles. The van der Waals surface area contributed by atoms with Gasteiger partial charge >= 0.3 is 12.2 Å². The summed E-state index contributed by atoms with van der Waals surface area (Å²) in [5.74, 6) is -1.89. The number of hydrogen-bond donors (Lipinski definition) is 3. The number of carbonyl (C=O) groups is 6. The molecule has 1 aliphatic carbocycles. The number of amides is 6. The minimum Gasteiger partial charge on any atom is -0.323 e. The number of carbonyl (C=O) groups excluding carboxylic acids is 6. The third-order valence-corrected chi connectivity index (χ3v) is 5.00. The van der Waals surface area contributed by atoms with Gasteiger partial charge in [-0.2, -0.15) is 0 Å². The lowest BCUT2D eigenvalue weighted by Crippen LogP contribution is -2.51. The topological polar surface area (TPSA) is 163 Å². The molecule has 3 rings (SSSR count). The van der Waals surface area contributed by atoms with Crippen LogP contribution in [0.1, 0.15) is 51.4 Å². The van der Waals surface area contributed by atoms with Gasteiger partial charge in [-0.05, 0) is 19.9 Å². The van der Waals surface area contributed by atoms with E-state index >= 15 is 0 Å². The summed E-state index contributed by atoms with van der Waals surface area (Å²) in [4.78, 5) is 75.8. The summed E-state index contributed by atoms with van der Waals surface area (Å²) >= 11 is 0. The number of nitrogens with zero attached hydrogens (tertiary/aromatic N) is 2. The molecule has 3 N–H and O–H groups in total. The fourth-order valence-corrected chi connectivity index (χ4v) is 3.35. The van der Waals surface area contributed by atoms with Crippen LogP contribution in [0.15, 0.2) is 0 Å². The molecule has 3 fully saturated rings. The Labute approximate surface area is 178 Å². The molecular formula is C18H27N5O8. The van der Waals surface area contributed by atoms with Crippen molar-refractivity contribution in [3.8, 4) is 0 Å². The Bertz CT molecular complexity index is 710. The summed E-state index contributed by atoms with van der Waals surface area (Å²) in [5.41, 5.74) is 0. The van der Waals surface area contributed by atoms with Gasteiger partial charge in [-0.3, -0.25) is 19.2 Å². The van der Waals surface area contributed by atoms with Gasteiger partial charge in [-0.1, -0.05) is 12.8 Å². The highest BCUT2D eigenvalue weighted by Crippen LogP contribution is 2.19. The van der Waals surface area contributed by atoms with Crippen molar-refractivity contribution >= 4 is 35.8 Å². The smallest absolute Gasteiger partial charge is 0.323 e. The first-order chi connectivity index (χ1) is 14.8. The molecule has 0 aromatic carbocycles. The summed E-state index contributed by atoms with van der Waals surface area (Å²) in [6.07, 6.45) is 2.89. The molecule has 3 aliphatic rings. The lowest BCUT2D eigenvalue weighted by Gasteiger charge is -2.31. The van der Waals surface area contributed by atoms with Crippen LogP contribution in [0.2, 0.25) is 0 Å². The molecule has 13 heteroatoms. The molecule has 6 amide bonds. The molecule has 2 heterocycles. The van der Waals surface area contributed by atoms with Crippen molar-refractivity contribution in [2.75, 3.05) is 14.1 Å². The van der Waals surface area contributed by atoms with Gasteiger partial charge in [-0.25, -0.2) is 9.59 Å². The Morgan fingerprint density at radius 3 is 1.58 bits per heavy atom. The van der Waals surface area contributed by atoms with Crippen molar-refractivity contribution in [2.24, 2.45) is 0 Å². The molecule has 13 nitrogen and oxygen atoms in total. The predicted molar refractivity (Wildman–Crippen MR) is 102 cm³/mol. The van der Waals surface area contributed by atoms with E-state index in [0.717, 1.165) is 25.7 Å². The highest BCUT2D eigenvalue weighted by atomic mass is 16.7. The zero-order valence-electron chi connectivity index (χ0n) is 17.5. The zero-order valence-corrected chi connectivity index (χ0v) is 17.5. The first kappa shape index (κ1) is 24.1. The van der Waals surface area contributed by atoms with Gasteiger partial charge in [-0.15, -0.1) is 10.1 Å². The van der Waals surface area contributed by atoms with Gasteiger partial charge in [0.05, 0.1) is 0 Å². The van der Waals surface area contributed by atoms with E-state index in [9.17, 15) is 28.8 Å². The number of hydroxylamine groups is 4. The molecule has 172 valence electrons. The number of imide groups is 2. The number of hydrogen-bond acceptors (Lipinski definition) is 9. The van der Waals surface area contributed by atoms with Crippen molar-refractivity contribution in [1.82, 2.24) is 26.1 Å². The SMILES string of the molecule is CNC(=O)ON1C(=O)CCC1=O.CNC1CCCCC1NC(=O)ON1C(=O)CCC1=O. The van der Waals surface area contributed by atoms with Crippen LogP contribution in [-0.2, 0) is 28.9 Å². The third-order valence-electron chi connectivity index (χ3n) is 5.00. The van der Waals surface area contributed by atoms with Gasteiger partial charge in [0.1, 0.15) is 0 Å². The van der Waals surface area contributed by atoms with Crippen molar-refractivity contribution in [3.05, 3.63) is 0 Å². The van der Waals surface area contributed by atoms with E-state index in [4.69, 9.17) is 4.84 Å². The van der Waals surface area contributed by atoms with E-state index < -0.39 is 35.8 Å². The Morgan fingerprint density at radius 1 is 0.742 bits per heavy atom. The van der Waals surface area contributed by atoms with E-state index in [1.165, 1.54) is 7.05 Å². The largest absolute Gasteiger partial charge is 0.432 e. The van der Waals surface area contributed by atoms with Gasteiger partial charge in [0.15, 0.2) is 0 Å². The molecule has 2 unspecified atom stereocenters. The van der Waals surface area contributed by atoms with Crippen LogP contribution in [0, 0.1) is 0 Å². The molecule has 2 atom stereocenters. The minimum absolute atomic E-state index is 0.0287. The number of nitrogens with one attached hydrogen (secondary N) is 3. The molecule has 0 radical (unpaired) electrons. The van der Waals surface area contributed by atoms with Crippen LogP contribution in [0.25, 0.3) is 0 Å². The average molecular weight is 441 g/mol. The maximum absolute atomic E-state index is 11.7. The molecule has 0 spiro atoms. The molecule has 0 aromatic rings. The van der Waals surface area contributed by atoms with Gasteiger partial charge < -0.3 is 25.6 Å². The Kier molecular flexibility index (Phi) is 8.73. The van der Waals surface area contributed by atoms with E-state index in [1.54, 1.807) is 0 Å². The van der Waals surface area contributed by atoms with E-state index in [0.29, 0.717) is 10.1 Å². The van der Waals surface area contributed by atoms with Crippen LogP contribution in [0.5, 0.6) is 0 Å². The molecular weight excluding hydrogens is 414 g/mol. The van der Waals surface area contributed by atoms with E-state index in [1.807, 2.05) is 7.05 Å². The van der Waals surface area contributed by atoms with Crippen LogP contribution in [-0.4, -0.2) is 72.1 Å². The minimum atomic E-state index is -0.821. The molecule has 1 saturated carbocycles. The van der Waals surface area contributed by atoms with Gasteiger partial charge in [0, 0.05) is 44.8 Å². The van der Waals surface area contributed by atoms with Crippen molar-refractivity contribution in [3.63, 3.8) is 0 Å². The van der Waals surface area contributed by atoms with Gasteiger partial charge in [0.2, 0.25) is 0 Å². The Hall–Kier alpha value is -3.22. The summed E-state index contributed by atoms with van der Waals surface area (Å²) in [5, 5.41) is 9.04. The van der Waals surface area contributed by atoms with Crippen molar-refractivity contribution in [1.29, 1.82) is 0 Å². The van der Waals surface area contributed by atoms with Crippen molar-refractivity contribution < 1.29 is 38.4 Å². The summed E-state index contributed by atoms with van der Waals surface area (Å²) in [6, 6.07) is 0.172. The molecule has 0 bridgehead atoms. The average Bonchev–Trinajstić information content (AvgIpc) is 3.24. The van der Waals surface area contributed by atoms with Crippen LogP contribution < -0.4 is 16.0 Å². The Morgan fingerprint density at radius 2 is 1.16 bits per heavy atom. The van der Waals surface area contributed by atoms with Gasteiger partial charge in [0.25, 0.3) is 23.6 Å². The number of likely N-dealkylation sites (N-methyl/N-ethyl adjacent to an activating group) is 1. The van der Waals surface area contributed by atoms with Crippen LogP contribution >= 0.6 is 0 Å². The zero-order chi connectivity index (χ0) is 23.0. The number of rotatable bonds is 4. The maximum atomic E-state index is 11.7. The summed E-state index contributed by atoms with van der Waals surface area (Å²) < 4.78 is 0. The highest BCUT2D eigenvalue weighted by Gasteiger charge is 2.34. The second-order valence-electron chi connectivity index (χ2n) is 7.10.